The van der Waals surface area contributed by atoms with Gasteiger partial charge in [-0.1, -0.05) is 29.8 Å². The summed E-state index contributed by atoms with van der Waals surface area (Å²) in [5.41, 5.74) is 2.50. The number of aromatic nitrogens is 2. The van der Waals surface area contributed by atoms with Crippen molar-refractivity contribution in [3.05, 3.63) is 69.1 Å². The molecule has 6 heteroatoms. The number of halogens is 1. The summed E-state index contributed by atoms with van der Waals surface area (Å²) in [5.74, 6) is 0.259. The number of esters is 1. The lowest BCUT2D eigenvalue weighted by atomic mass is 10.1. The highest BCUT2D eigenvalue weighted by molar-refractivity contribution is 14.1. The first-order valence-corrected chi connectivity index (χ1v) is 8.48. The molecule has 1 atom stereocenters. The normalized spacial score (nSPS) is 12.0. The Balaban J connectivity index is 1.74. The predicted octanol–water partition coefficient (Wildman–Crippen LogP) is 4.57. The highest BCUT2D eigenvalue weighted by atomic mass is 127. The van der Waals surface area contributed by atoms with Gasteiger partial charge in [-0.2, -0.15) is 0 Å². The first kappa shape index (κ1) is 16.6. The SMILES string of the molecule is Cc1ccc(-c2nnc(C(C)OC(=O)c3ccccc3I)o2)cc1. The zero-order valence-corrected chi connectivity index (χ0v) is 15.4. The van der Waals surface area contributed by atoms with Gasteiger partial charge in [0.25, 0.3) is 5.89 Å². The average molecular weight is 434 g/mol. The van der Waals surface area contributed by atoms with Gasteiger partial charge in [0.15, 0.2) is 6.10 Å². The van der Waals surface area contributed by atoms with Crippen LogP contribution in [0.3, 0.4) is 0 Å². The molecule has 5 nitrogen and oxygen atoms in total. The molecule has 24 heavy (non-hydrogen) atoms. The van der Waals surface area contributed by atoms with Crippen molar-refractivity contribution in [3.63, 3.8) is 0 Å². The maximum absolute atomic E-state index is 12.2. The second-order valence-corrected chi connectivity index (χ2v) is 6.50. The summed E-state index contributed by atoms with van der Waals surface area (Å²) in [7, 11) is 0. The Morgan fingerprint density at radius 3 is 2.54 bits per heavy atom. The number of aryl methyl sites for hydroxylation is 1. The zero-order chi connectivity index (χ0) is 17.1. The van der Waals surface area contributed by atoms with Crippen LogP contribution in [-0.2, 0) is 4.74 Å². The quantitative estimate of drug-likeness (QED) is 0.445. The first-order chi connectivity index (χ1) is 11.5. The Hall–Kier alpha value is -2.22. The topological polar surface area (TPSA) is 65.2 Å². The van der Waals surface area contributed by atoms with Gasteiger partial charge >= 0.3 is 5.97 Å². The largest absolute Gasteiger partial charge is 0.449 e. The summed E-state index contributed by atoms with van der Waals surface area (Å²) in [5, 5.41) is 8.01. The minimum Gasteiger partial charge on any atom is -0.449 e. The predicted molar refractivity (Wildman–Crippen MR) is 97.5 cm³/mol. The second-order valence-electron chi connectivity index (χ2n) is 5.34. The molecular formula is C18H15IN2O3. The Labute approximate surface area is 153 Å². The van der Waals surface area contributed by atoms with Crippen LogP contribution >= 0.6 is 22.6 Å². The average Bonchev–Trinajstić information content (AvgIpc) is 3.06. The van der Waals surface area contributed by atoms with Gasteiger partial charge in [0.2, 0.25) is 5.89 Å². The van der Waals surface area contributed by atoms with Crippen molar-refractivity contribution in [2.24, 2.45) is 0 Å². The number of hydrogen-bond donors (Lipinski definition) is 0. The molecule has 0 aliphatic rings. The first-order valence-electron chi connectivity index (χ1n) is 7.40. The summed E-state index contributed by atoms with van der Waals surface area (Å²) in [6.07, 6.45) is -0.625. The molecule has 0 radical (unpaired) electrons. The van der Waals surface area contributed by atoms with Crippen LogP contribution in [0.15, 0.2) is 52.9 Å². The molecule has 1 aromatic heterocycles. The monoisotopic (exact) mass is 434 g/mol. The van der Waals surface area contributed by atoms with Crippen LogP contribution in [0, 0.1) is 10.5 Å². The lowest BCUT2D eigenvalue weighted by molar-refractivity contribution is 0.0278. The van der Waals surface area contributed by atoms with E-state index in [1.165, 1.54) is 0 Å². The number of benzene rings is 2. The Morgan fingerprint density at radius 2 is 1.83 bits per heavy atom. The van der Waals surface area contributed by atoms with Gasteiger partial charge in [-0.15, -0.1) is 10.2 Å². The maximum atomic E-state index is 12.2. The fourth-order valence-electron chi connectivity index (χ4n) is 2.11. The fraction of sp³-hybridized carbons (Fsp3) is 0.167. The van der Waals surface area contributed by atoms with E-state index >= 15 is 0 Å². The van der Waals surface area contributed by atoms with Crippen LogP contribution in [0.4, 0.5) is 0 Å². The minimum absolute atomic E-state index is 0.268. The van der Waals surface area contributed by atoms with Gasteiger partial charge in [-0.25, -0.2) is 4.79 Å². The van der Waals surface area contributed by atoms with Gasteiger partial charge in [-0.3, -0.25) is 0 Å². The highest BCUT2D eigenvalue weighted by Crippen LogP contribution is 2.24. The van der Waals surface area contributed by atoms with Crippen molar-refractivity contribution in [1.29, 1.82) is 0 Å². The van der Waals surface area contributed by atoms with E-state index in [2.05, 4.69) is 32.8 Å². The van der Waals surface area contributed by atoms with Crippen LogP contribution in [0.5, 0.6) is 0 Å². The molecule has 0 spiro atoms. The summed E-state index contributed by atoms with van der Waals surface area (Å²) >= 11 is 2.10. The molecular weight excluding hydrogens is 419 g/mol. The van der Waals surface area contributed by atoms with E-state index in [-0.39, 0.29) is 5.89 Å². The van der Waals surface area contributed by atoms with Crippen molar-refractivity contribution < 1.29 is 13.9 Å². The molecule has 1 unspecified atom stereocenters. The molecule has 0 fully saturated rings. The van der Waals surface area contributed by atoms with Gasteiger partial charge in [0.1, 0.15) is 0 Å². The lowest BCUT2D eigenvalue weighted by Crippen LogP contribution is -2.10. The Bertz CT molecular complexity index is 859. The van der Waals surface area contributed by atoms with Crippen molar-refractivity contribution in [3.8, 4) is 11.5 Å². The van der Waals surface area contributed by atoms with E-state index in [9.17, 15) is 4.79 Å². The number of nitrogens with zero attached hydrogens (tertiary/aromatic N) is 2. The van der Waals surface area contributed by atoms with Crippen molar-refractivity contribution in [2.75, 3.05) is 0 Å². The van der Waals surface area contributed by atoms with E-state index in [1.54, 1.807) is 19.1 Å². The summed E-state index contributed by atoms with van der Waals surface area (Å²) in [4.78, 5) is 12.2. The van der Waals surface area contributed by atoms with Crippen LogP contribution in [0.2, 0.25) is 0 Å². The molecule has 122 valence electrons. The van der Waals surface area contributed by atoms with E-state index < -0.39 is 12.1 Å². The van der Waals surface area contributed by atoms with Crippen molar-refractivity contribution in [2.45, 2.75) is 20.0 Å². The molecule has 0 saturated carbocycles. The molecule has 0 bridgehead atoms. The third-order valence-corrected chi connectivity index (χ3v) is 4.41. The second kappa shape index (κ2) is 7.12. The summed E-state index contributed by atoms with van der Waals surface area (Å²) < 4.78 is 11.9. The van der Waals surface area contributed by atoms with Gasteiger partial charge in [-0.05, 0) is 60.7 Å². The van der Waals surface area contributed by atoms with E-state index in [4.69, 9.17) is 9.15 Å². The van der Waals surface area contributed by atoms with Crippen LogP contribution in [0.1, 0.15) is 34.8 Å². The third kappa shape index (κ3) is 3.64. The van der Waals surface area contributed by atoms with E-state index in [1.807, 2.05) is 43.3 Å². The molecule has 0 saturated heterocycles. The number of rotatable bonds is 4. The summed E-state index contributed by atoms with van der Waals surface area (Å²) in [6, 6.07) is 15.0. The zero-order valence-electron chi connectivity index (χ0n) is 13.2. The lowest BCUT2D eigenvalue weighted by Gasteiger charge is -2.10. The van der Waals surface area contributed by atoms with Gasteiger partial charge < -0.3 is 9.15 Å². The standard InChI is InChI=1S/C18H15IN2O3/c1-11-7-9-13(10-8-11)17-21-20-16(24-17)12(2)23-18(22)14-5-3-4-6-15(14)19/h3-10,12H,1-2H3. The number of hydrogen-bond acceptors (Lipinski definition) is 5. The fourth-order valence-corrected chi connectivity index (χ4v) is 2.72. The van der Waals surface area contributed by atoms with E-state index in [0.29, 0.717) is 11.5 Å². The minimum atomic E-state index is -0.625. The third-order valence-electron chi connectivity index (χ3n) is 3.46. The Morgan fingerprint density at radius 1 is 1.12 bits per heavy atom. The van der Waals surface area contributed by atoms with Crippen molar-refractivity contribution in [1.82, 2.24) is 10.2 Å². The maximum Gasteiger partial charge on any atom is 0.339 e. The smallest absolute Gasteiger partial charge is 0.339 e. The molecule has 0 aliphatic carbocycles. The van der Waals surface area contributed by atoms with Crippen molar-refractivity contribution >= 4 is 28.6 Å². The molecule has 0 N–H and O–H groups in total. The number of carbonyl (C=O) groups excluding carboxylic acids is 1. The van der Waals surface area contributed by atoms with Gasteiger partial charge in [0, 0.05) is 9.13 Å². The van der Waals surface area contributed by atoms with E-state index in [0.717, 1.165) is 14.7 Å². The molecule has 2 aromatic carbocycles. The molecule has 0 amide bonds. The van der Waals surface area contributed by atoms with Gasteiger partial charge in [0.05, 0.1) is 5.56 Å². The van der Waals surface area contributed by atoms with Crippen LogP contribution in [-0.4, -0.2) is 16.2 Å². The highest BCUT2D eigenvalue weighted by Gasteiger charge is 2.21. The Kier molecular flexibility index (Phi) is 4.94. The summed E-state index contributed by atoms with van der Waals surface area (Å²) in [6.45, 7) is 3.72. The van der Waals surface area contributed by atoms with Crippen LogP contribution < -0.4 is 0 Å². The molecule has 3 aromatic rings. The van der Waals surface area contributed by atoms with Crippen LogP contribution in [0.25, 0.3) is 11.5 Å². The molecule has 3 rings (SSSR count). The number of carbonyl (C=O) groups is 1. The molecule has 1 heterocycles. The number of ether oxygens (including phenoxy) is 1. The molecule has 0 aliphatic heterocycles.